The molecule has 1 aromatic heterocycles. The van der Waals surface area contributed by atoms with Crippen LogP contribution in [-0.4, -0.2) is 16.2 Å². The summed E-state index contributed by atoms with van der Waals surface area (Å²) < 4.78 is 5.31. The van der Waals surface area contributed by atoms with Gasteiger partial charge in [-0.1, -0.05) is 42.7 Å². The number of nitrogens with one attached hydrogen (secondary N) is 1. The van der Waals surface area contributed by atoms with Crippen LogP contribution in [0.1, 0.15) is 56.9 Å². The molecule has 0 aliphatic rings. The summed E-state index contributed by atoms with van der Waals surface area (Å²) in [6, 6.07) is 8.27. The third-order valence-electron chi connectivity index (χ3n) is 3.33. The number of aromatic nitrogens is 2. The van der Waals surface area contributed by atoms with Gasteiger partial charge in [-0.2, -0.15) is 4.98 Å². The van der Waals surface area contributed by atoms with Crippen LogP contribution in [0.5, 0.6) is 0 Å². The van der Waals surface area contributed by atoms with Crippen LogP contribution in [0.15, 0.2) is 28.8 Å². The molecule has 0 amide bonds. The fourth-order valence-corrected chi connectivity index (χ4v) is 2.31. The lowest BCUT2D eigenvalue weighted by molar-refractivity contribution is 0.323. The summed E-state index contributed by atoms with van der Waals surface area (Å²) in [4.78, 5) is 4.42. The molecule has 0 aliphatic heterocycles. The number of halogens is 1. The monoisotopic (exact) mass is 307 g/mol. The lowest BCUT2D eigenvalue weighted by Gasteiger charge is -2.17. The average molecular weight is 308 g/mol. The van der Waals surface area contributed by atoms with Gasteiger partial charge in [-0.15, -0.1) is 0 Å². The van der Waals surface area contributed by atoms with Crippen LogP contribution in [0.3, 0.4) is 0 Å². The fourth-order valence-electron chi connectivity index (χ4n) is 2.19. The highest BCUT2D eigenvalue weighted by molar-refractivity contribution is 6.30. The number of rotatable bonds is 6. The van der Waals surface area contributed by atoms with Crippen LogP contribution < -0.4 is 5.32 Å². The molecule has 1 N–H and O–H groups in total. The summed E-state index contributed by atoms with van der Waals surface area (Å²) in [6.07, 6.45) is 0.923. The maximum atomic E-state index is 5.90. The lowest BCUT2D eigenvalue weighted by Crippen LogP contribution is -2.30. The van der Waals surface area contributed by atoms with Crippen molar-refractivity contribution in [1.29, 1.82) is 0 Å². The first-order chi connectivity index (χ1) is 9.95. The van der Waals surface area contributed by atoms with Crippen molar-refractivity contribution in [2.45, 2.75) is 52.1 Å². The predicted octanol–water partition coefficient (Wildman–Crippen LogP) is 4.13. The van der Waals surface area contributed by atoms with Gasteiger partial charge in [0.1, 0.15) is 0 Å². The zero-order valence-electron chi connectivity index (χ0n) is 12.9. The van der Waals surface area contributed by atoms with Gasteiger partial charge in [0.2, 0.25) is 5.89 Å². The molecule has 2 rings (SSSR count). The Morgan fingerprint density at radius 3 is 2.38 bits per heavy atom. The fraction of sp³-hybridized carbons (Fsp3) is 0.500. The van der Waals surface area contributed by atoms with E-state index in [0.717, 1.165) is 17.3 Å². The van der Waals surface area contributed by atoms with Crippen molar-refractivity contribution in [3.63, 3.8) is 0 Å². The van der Waals surface area contributed by atoms with Gasteiger partial charge in [0, 0.05) is 17.0 Å². The Morgan fingerprint density at radius 2 is 1.81 bits per heavy atom. The van der Waals surface area contributed by atoms with Crippen LogP contribution in [0.25, 0.3) is 0 Å². The molecule has 0 radical (unpaired) electrons. The molecule has 0 bridgehead atoms. The van der Waals surface area contributed by atoms with Crippen LogP contribution in [0, 0.1) is 0 Å². The minimum absolute atomic E-state index is 0.0345. The molecule has 2 aromatic rings. The van der Waals surface area contributed by atoms with Crippen LogP contribution in [0.2, 0.25) is 5.02 Å². The number of hydrogen-bond acceptors (Lipinski definition) is 4. The predicted molar refractivity (Wildman–Crippen MR) is 84.6 cm³/mol. The standard InChI is InChI=1S/C16H22ClN3O/c1-10(2)15-19-16(21-20-15)12(4)18-11(3)9-13-5-7-14(17)8-6-13/h5-8,10-12,18H,9H2,1-4H3/t11-,12-/m1/s1. The van der Waals surface area contributed by atoms with E-state index in [4.69, 9.17) is 16.1 Å². The van der Waals surface area contributed by atoms with E-state index < -0.39 is 0 Å². The van der Waals surface area contributed by atoms with Gasteiger partial charge in [-0.25, -0.2) is 0 Å². The quantitative estimate of drug-likeness (QED) is 0.872. The zero-order chi connectivity index (χ0) is 15.4. The first kappa shape index (κ1) is 16.0. The highest BCUT2D eigenvalue weighted by atomic mass is 35.5. The van der Waals surface area contributed by atoms with E-state index in [1.807, 2.05) is 19.1 Å². The molecule has 0 unspecified atom stereocenters. The summed E-state index contributed by atoms with van der Waals surface area (Å²) in [5.41, 5.74) is 1.25. The minimum atomic E-state index is 0.0345. The maximum Gasteiger partial charge on any atom is 0.243 e. The van der Waals surface area contributed by atoms with E-state index in [1.165, 1.54) is 5.56 Å². The first-order valence-electron chi connectivity index (χ1n) is 7.29. The molecule has 0 fully saturated rings. The number of hydrogen-bond donors (Lipinski definition) is 1. The van der Waals surface area contributed by atoms with Crippen molar-refractivity contribution in [2.75, 3.05) is 0 Å². The molecule has 1 aromatic carbocycles. The molecule has 114 valence electrons. The smallest absolute Gasteiger partial charge is 0.243 e. The zero-order valence-corrected chi connectivity index (χ0v) is 13.7. The number of benzene rings is 1. The third kappa shape index (κ3) is 4.55. The maximum absolute atomic E-state index is 5.90. The van der Waals surface area contributed by atoms with Gasteiger partial charge in [-0.05, 0) is 38.0 Å². The molecule has 1 heterocycles. The second-order valence-electron chi connectivity index (χ2n) is 5.77. The van der Waals surface area contributed by atoms with Gasteiger partial charge in [0.05, 0.1) is 6.04 Å². The molecule has 0 aliphatic carbocycles. The Morgan fingerprint density at radius 1 is 1.14 bits per heavy atom. The van der Waals surface area contributed by atoms with Crippen molar-refractivity contribution in [3.8, 4) is 0 Å². The first-order valence-corrected chi connectivity index (χ1v) is 7.67. The van der Waals surface area contributed by atoms with Crippen molar-refractivity contribution in [2.24, 2.45) is 0 Å². The second-order valence-corrected chi connectivity index (χ2v) is 6.20. The Balaban J connectivity index is 1.91. The van der Waals surface area contributed by atoms with Crippen molar-refractivity contribution in [3.05, 3.63) is 46.6 Å². The summed E-state index contributed by atoms with van der Waals surface area (Å²) in [7, 11) is 0. The Bertz CT molecular complexity index is 565. The Labute approximate surface area is 130 Å². The molecule has 0 saturated carbocycles. The van der Waals surface area contributed by atoms with Crippen molar-refractivity contribution < 1.29 is 4.52 Å². The van der Waals surface area contributed by atoms with E-state index in [2.05, 4.69) is 48.4 Å². The normalized spacial score (nSPS) is 14.4. The van der Waals surface area contributed by atoms with Crippen molar-refractivity contribution >= 4 is 11.6 Å². The molecule has 0 spiro atoms. The minimum Gasteiger partial charge on any atom is -0.338 e. The highest BCUT2D eigenvalue weighted by Crippen LogP contribution is 2.16. The average Bonchev–Trinajstić information content (AvgIpc) is 2.91. The summed E-state index contributed by atoms with van der Waals surface area (Å²) in [6.45, 7) is 8.28. The van der Waals surface area contributed by atoms with E-state index >= 15 is 0 Å². The number of nitrogens with zero attached hydrogens (tertiary/aromatic N) is 2. The van der Waals surface area contributed by atoms with Gasteiger partial charge < -0.3 is 9.84 Å². The van der Waals surface area contributed by atoms with Gasteiger partial charge >= 0.3 is 0 Å². The van der Waals surface area contributed by atoms with E-state index in [1.54, 1.807) is 0 Å². The SMILES string of the molecule is CC(C)c1noc([C@@H](C)N[C@H](C)Cc2ccc(Cl)cc2)n1. The second kappa shape index (κ2) is 7.05. The third-order valence-corrected chi connectivity index (χ3v) is 3.59. The van der Waals surface area contributed by atoms with Crippen LogP contribution in [0.4, 0.5) is 0 Å². The Kier molecular flexibility index (Phi) is 5.37. The lowest BCUT2D eigenvalue weighted by atomic mass is 10.1. The van der Waals surface area contributed by atoms with Crippen LogP contribution >= 0.6 is 11.6 Å². The van der Waals surface area contributed by atoms with Gasteiger partial charge in [-0.3, -0.25) is 0 Å². The van der Waals surface area contributed by atoms with Crippen molar-refractivity contribution in [1.82, 2.24) is 15.5 Å². The van der Waals surface area contributed by atoms with E-state index in [0.29, 0.717) is 11.9 Å². The summed E-state index contributed by atoms with van der Waals surface area (Å²) >= 11 is 5.90. The molecule has 5 heteroatoms. The summed E-state index contributed by atoms with van der Waals surface area (Å²) in [5.74, 6) is 1.67. The molecule has 2 atom stereocenters. The highest BCUT2D eigenvalue weighted by Gasteiger charge is 2.17. The summed E-state index contributed by atoms with van der Waals surface area (Å²) in [5, 5.41) is 8.24. The largest absolute Gasteiger partial charge is 0.338 e. The van der Waals surface area contributed by atoms with Gasteiger partial charge in [0.15, 0.2) is 5.82 Å². The molecular weight excluding hydrogens is 286 g/mol. The van der Waals surface area contributed by atoms with E-state index in [9.17, 15) is 0 Å². The van der Waals surface area contributed by atoms with E-state index in [-0.39, 0.29) is 12.0 Å². The molecule has 0 saturated heterocycles. The van der Waals surface area contributed by atoms with Gasteiger partial charge in [0.25, 0.3) is 0 Å². The topological polar surface area (TPSA) is 51.0 Å². The molecule has 4 nitrogen and oxygen atoms in total. The Hall–Kier alpha value is -1.39. The molecular formula is C16H22ClN3O. The van der Waals surface area contributed by atoms with Crippen LogP contribution in [-0.2, 0) is 6.42 Å². The molecule has 21 heavy (non-hydrogen) atoms.